The highest BCUT2D eigenvalue weighted by Crippen LogP contribution is 2.32. The van der Waals surface area contributed by atoms with Gasteiger partial charge in [-0.25, -0.2) is 4.98 Å². The van der Waals surface area contributed by atoms with Crippen molar-refractivity contribution in [2.24, 2.45) is 0 Å². The minimum atomic E-state index is 0.00562. The van der Waals surface area contributed by atoms with Crippen LogP contribution in [-0.2, 0) is 13.0 Å². The molecule has 27 heavy (non-hydrogen) atoms. The summed E-state index contributed by atoms with van der Waals surface area (Å²) in [6.07, 6.45) is 1.97. The summed E-state index contributed by atoms with van der Waals surface area (Å²) in [4.78, 5) is 21.9. The van der Waals surface area contributed by atoms with Gasteiger partial charge in [0.25, 0.3) is 5.91 Å². The van der Waals surface area contributed by atoms with E-state index in [1.165, 1.54) is 15.8 Å². The van der Waals surface area contributed by atoms with Gasteiger partial charge in [-0.05, 0) is 37.5 Å². The molecule has 2 aliphatic heterocycles. The molecule has 0 atom stereocenters. The Morgan fingerprint density at radius 3 is 2.70 bits per heavy atom. The molecule has 7 nitrogen and oxygen atoms in total. The van der Waals surface area contributed by atoms with E-state index in [1.54, 1.807) is 11.3 Å². The van der Waals surface area contributed by atoms with Crippen molar-refractivity contribution in [2.45, 2.75) is 33.2 Å². The number of rotatable bonds is 2. The van der Waals surface area contributed by atoms with E-state index in [-0.39, 0.29) is 5.91 Å². The maximum atomic E-state index is 12.9. The third-order valence-electron chi connectivity index (χ3n) is 5.46. The van der Waals surface area contributed by atoms with Crippen molar-refractivity contribution in [2.75, 3.05) is 31.1 Å². The van der Waals surface area contributed by atoms with Crippen LogP contribution in [-0.4, -0.2) is 56.7 Å². The van der Waals surface area contributed by atoms with Crippen LogP contribution in [0.5, 0.6) is 0 Å². The minimum absolute atomic E-state index is 0.00562. The number of fused-ring (bicyclic) bond motifs is 2. The molecule has 0 unspecified atom stereocenters. The molecule has 1 saturated heterocycles. The Labute approximate surface area is 161 Å². The number of aromatic nitrogens is 4. The van der Waals surface area contributed by atoms with Gasteiger partial charge in [0.2, 0.25) is 5.82 Å². The lowest BCUT2D eigenvalue weighted by Gasteiger charge is -2.34. The average molecular weight is 382 g/mol. The van der Waals surface area contributed by atoms with E-state index in [0.717, 1.165) is 48.9 Å². The molecule has 2 aromatic heterocycles. The Morgan fingerprint density at radius 1 is 1.07 bits per heavy atom. The number of aryl methyl sites for hydroxylation is 3. The predicted molar refractivity (Wildman–Crippen MR) is 106 cm³/mol. The molecule has 1 amide bonds. The number of nitrogens with zero attached hydrogens (tertiary/aromatic N) is 6. The zero-order valence-electron chi connectivity index (χ0n) is 15.6. The van der Waals surface area contributed by atoms with E-state index in [9.17, 15) is 4.79 Å². The fourth-order valence-electron chi connectivity index (χ4n) is 4.05. The number of hydrogen-bond acceptors (Lipinski definition) is 6. The fourth-order valence-corrected chi connectivity index (χ4v) is 5.24. The maximum absolute atomic E-state index is 12.9. The Hall–Kier alpha value is -2.48. The first-order chi connectivity index (χ1) is 13.1. The first-order valence-corrected chi connectivity index (χ1v) is 10.3. The number of hydrogen-bond donors (Lipinski definition) is 0. The van der Waals surface area contributed by atoms with Crippen molar-refractivity contribution in [3.8, 4) is 0 Å². The van der Waals surface area contributed by atoms with Gasteiger partial charge in [0.05, 0.1) is 10.2 Å². The monoisotopic (exact) mass is 382 g/mol. The molecular weight excluding hydrogens is 360 g/mol. The highest BCUT2D eigenvalue weighted by molar-refractivity contribution is 7.22. The highest BCUT2D eigenvalue weighted by atomic mass is 32.1. The second-order valence-corrected chi connectivity index (χ2v) is 8.41. The summed E-state index contributed by atoms with van der Waals surface area (Å²) < 4.78 is 3.22. The molecule has 5 rings (SSSR count). The van der Waals surface area contributed by atoms with E-state index in [0.29, 0.717) is 18.9 Å². The standard InChI is InChI=1S/C19H22N6OS/c1-12-10-13(2)16-14(11-12)27-19(20-16)24-8-6-23(7-9-24)18(26)17-22-21-15-4-3-5-25(15)17/h10-11H,3-9H2,1-2H3. The van der Waals surface area contributed by atoms with Gasteiger partial charge in [-0.1, -0.05) is 17.4 Å². The first kappa shape index (κ1) is 16.7. The largest absolute Gasteiger partial charge is 0.345 e. The molecule has 140 valence electrons. The number of carbonyl (C=O) groups excluding carboxylic acids is 1. The third kappa shape index (κ3) is 2.79. The van der Waals surface area contributed by atoms with Crippen molar-refractivity contribution in [1.82, 2.24) is 24.6 Å². The second-order valence-electron chi connectivity index (χ2n) is 7.40. The van der Waals surface area contributed by atoms with Gasteiger partial charge in [-0.3, -0.25) is 4.79 Å². The zero-order valence-corrected chi connectivity index (χ0v) is 16.4. The Morgan fingerprint density at radius 2 is 1.89 bits per heavy atom. The fraction of sp³-hybridized carbons (Fsp3) is 0.474. The maximum Gasteiger partial charge on any atom is 0.291 e. The summed E-state index contributed by atoms with van der Waals surface area (Å²) in [5.74, 6) is 1.45. The van der Waals surface area contributed by atoms with Crippen LogP contribution < -0.4 is 4.90 Å². The van der Waals surface area contributed by atoms with Crippen molar-refractivity contribution in [3.63, 3.8) is 0 Å². The Balaban J connectivity index is 1.31. The molecule has 4 heterocycles. The molecule has 0 bridgehead atoms. The SMILES string of the molecule is Cc1cc(C)c2nc(N3CCN(C(=O)c4nnc5n4CCC5)CC3)sc2c1. The van der Waals surface area contributed by atoms with E-state index in [4.69, 9.17) is 4.98 Å². The molecule has 0 spiro atoms. The molecule has 1 fully saturated rings. The van der Waals surface area contributed by atoms with Crippen LogP contribution in [0.15, 0.2) is 12.1 Å². The predicted octanol–water partition coefficient (Wildman–Crippen LogP) is 2.41. The van der Waals surface area contributed by atoms with Crippen LogP contribution in [0.2, 0.25) is 0 Å². The summed E-state index contributed by atoms with van der Waals surface area (Å²) in [6.45, 7) is 8.07. The molecule has 0 saturated carbocycles. The van der Waals surface area contributed by atoms with Crippen molar-refractivity contribution < 1.29 is 4.79 Å². The molecule has 8 heteroatoms. The van der Waals surface area contributed by atoms with Crippen LogP contribution >= 0.6 is 11.3 Å². The van der Waals surface area contributed by atoms with Crippen LogP contribution in [0.4, 0.5) is 5.13 Å². The molecule has 1 aromatic carbocycles. The third-order valence-corrected chi connectivity index (χ3v) is 6.52. The normalized spacial score (nSPS) is 17.0. The molecule has 0 aliphatic carbocycles. The van der Waals surface area contributed by atoms with Gasteiger partial charge in [0.15, 0.2) is 5.13 Å². The highest BCUT2D eigenvalue weighted by Gasteiger charge is 2.29. The van der Waals surface area contributed by atoms with Crippen LogP contribution in [0.3, 0.4) is 0 Å². The lowest BCUT2D eigenvalue weighted by Crippen LogP contribution is -2.49. The average Bonchev–Trinajstić information content (AvgIpc) is 3.36. The Bertz CT molecular complexity index is 1030. The second kappa shape index (κ2) is 6.30. The number of anilines is 1. The lowest BCUT2D eigenvalue weighted by molar-refractivity contribution is 0.0729. The van der Waals surface area contributed by atoms with Crippen molar-refractivity contribution >= 4 is 32.6 Å². The summed E-state index contributed by atoms with van der Waals surface area (Å²) in [5, 5.41) is 9.35. The van der Waals surface area contributed by atoms with Crippen LogP contribution in [0.25, 0.3) is 10.2 Å². The van der Waals surface area contributed by atoms with E-state index in [2.05, 4.69) is 41.1 Å². The number of carbonyl (C=O) groups is 1. The number of thiazole rings is 1. The minimum Gasteiger partial charge on any atom is -0.345 e. The number of piperazine rings is 1. The van der Waals surface area contributed by atoms with E-state index >= 15 is 0 Å². The summed E-state index contributed by atoms with van der Waals surface area (Å²) in [7, 11) is 0. The van der Waals surface area contributed by atoms with Gasteiger partial charge in [0, 0.05) is 39.1 Å². The molecule has 0 N–H and O–H groups in total. The smallest absolute Gasteiger partial charge is 0.291 e. The van der Waals surface area contributed by atoms with Gasteiger partial charge in [-0.15, -0.1) is 10.2 Å². The zero-order chi connectivity index (χ0) is 18.5. The van der Waals surface area contributed by atoms with Crippen molar-refractivity contribution in [1.29, 1.82) is 0 Å². The number of amides is 1. The first-order valence-electron chi connectivity index (χ1n) is 9.44. The van der Waals surface area contributed by atoms with Gasteiger partial charge < -0.3 is 14.4 Å². The topological polar surface area (TPSA) is 67.2 Å². The van der Waals surface area contributed by atoms with Gasteiger partial charge in [-0.2, -0.15) is 0 Å². The summed E-state index contributed by atoms with van der Waals surface area (Å²) in [6, 6.07) is 4.38. The van der Waals surface area contributed by atoms with Gasteiger partial charge in [0.1, 0.15) is 5.82 Å². The van der Waals surface area contributed by atoms with Gasteiger partial charge >= 0.3 is 0 Å². The molecular formula is C19H22N6OS. The van der Waals surface area contributed by atoms with Crippen LogP contribution in [0.1, 0.15) is 34.0 Å². The molecule has 3 aromatic rings. The quantitative estimate of drug-likeness (QED) is 0.681. The van der Waals surface area contributed by atoms with Crippen molar-refractivity contribution in [3.05, 3.63) is 34.9 Å². The summed E-state index contributed by atoms with van der Waals surface area (Å²) in [5.41, 5.74) is 3.59. The lowest BCUT2D eigenvalue weighted by atomic mass is 10.1. The van der Waals surface area contributed by atoms with E-state index in [1.807, 2.05) is 9.47 Å². The molecule has 0 radical (unpaired) electrons. The Kier molecular flexibility index (Phi) is 3.89. The van der Waals surface area contributed by atoms with Crippen LogP contribution in [0, 0.1) is 13.8 Å². The summed E-state index contributed by atoms with van der Waals surface area (Å²) >= 11 is 1.74. The number of benzene rings is 1. The van der Waals surface area contributed by atoms with E-state index < -0.39 is 0 Å². The molecule has 2 aliphatic rings.